The van der Waals surface area contributed by atoms with Gasteiger partial charge in [0.05, 0.1) is 27.5 Å². The first-order chi connectivity index (χ1) is 14.1. The molecule has 2 aromatic carbocycles. The SMILES string of the molecule is O=C(CN1CCC(c2nc3ccccc3s2)CC1)Nc1ccccc1OC(F)F. The van der Waals surface area contributed by atoms with E-state index in [0.717, 1.165) is 36.5 Å². The number of halogens is 2. The van der Waals surface area contributed by atoms with Crippen molar-refractivity contribution in [2.75, 3.05) is 25.0 Å². The Morgan fingerprint density at radius 1 is 1.17 bits per heavy atom. The number of benzene rings is 2. The zero-order valence-electron chi connectivity index (χ0n) is 15.7. The Balaban J connectivity index is 1.31. The summed E-state index contributed by atoms with van der Waals surface area (Å²) < 4.78 is 30.7. The first-order valence-corrected chi connectivity index (χ1v) is 10.3. The summed E-state index contributed by atoms with van der Waals surface area (Å²) in [7, 11) is 0. The molecular formula is C21H21F2N3O2S. The van der Waals surface area contributed by atoms with Crippen LogP contribution in [0.1, 0.15) is 23.8 Å². The number of alkyl halides is 2. The Bertz CT molecular complexity index is 954. The minimum absolute atomic E-state index is 0.0367. The highest BCUT2D eigenvalue weighted by Crippen LogP contribution is 2.33. The standard InChI is InChI=1S/C21H21F2N3O2S/c22-21(23)28-17-7-3-1-5-15(17)24-19(27)13-26-11-9-14(10-12-26)20-25-16-6-2-4-8-18(16)29-20/h1-8,14,21H,9-13H2,(H,24,27). The fraction of sp³-hybridized carbons (Fsp3) is 0.333. The van der Waals surface area contributed by atoms with E-state index in [2.05, 4.69) is 21.0 Å². The average Bonchev–Trinajstić information content (AvgIpc) is 3.14. The molecule has 152 valence electrons. The number of aromatic nitrogens is 1. The number of carbonyl (C=O) groups is 1. The summed E-state index contributed by atoms with van der Waals surface area (Å²) in [5.41, 5.74) is 1.29. The van der Waals surface area contributed by atoms with Crippen molar-refractivity contribution in [3.8, 4) is 5.75 Å². The van der Waals surface area contributed by atoms with Crippen molar-refractivity contribution in [2.24, 2.45) is 0 Å². The number of likely N-dealkylation sites (tertiary alicyclic amines) is 1. The summed E-state index contributed by atoms with van der Waals surface area (Å²) in [5.74, 6) is 0.131. The molecule has 1 aliphatic heterocycles. The van der Waals surface area contributed by atoms with Crippen LogP contribution in [0.4, 0.5) is 14.5 Å². The molecule has 5 nitrogen and oxygen atoms in total. The van der Waals surface area contributed by atoms with Gasteiger partial charge in [-0.25, -0.2) is 4.98 Å². The van der Waals surface area contributed by atoms with Crippen molar-refractivity contribution in [3.05, 3.63) is 53.5 Å². The molecule has 1 saturated heterocycles. The molecule has 8 heteroatoms. The third kappa shape index (κ3) is 4.89. The maximum atomic E-state index is 12.5. The first kappa shape index (κ1) is 19.7. The van der Waals surface area contributed by atoms with Crippen LogP contribution in [0.3, 0.4) is 0 Å². The van der Waals surface area contributed by atoms with E-state index in [9.17, 15) is 13.6 Å². The van der Waals surface area contributed by atoms with E-state index in [4.69, 9.17) is 4.98 Å². The largest absolute Gasteiger partial charge is 0.433 e. The Kier molecular flexibility index (Phi) is 6.01. The van der Waals surface area contributed by atoms with E-state index in [-0.39, 0.29) is 23.9 Å². The Labute approximate surface area is 171 Å². The summed E-state index contributed by atoms with van der Waals surface area (Å²) in [6, 6.07) is 14.3. The number of hydrogen-bond acceptors (Lipinski definition) is 5. The topological polar surface area (TPSA) is 54.5 Å². The molecule has 2 heterocycles. The second kappa shape index (κ2) is 8.84. The van der Waals surface area contributed by atoms with Crippen molar-refractivity contribution in [1.82, 2.24) is 9.88 Å². The number of fused-ring (bicyclic) bond motifs is 1. The summed E-state index contributed by atoms with van der Waals surface area (Å²) in [6.07, 6.45) is 1.89. The Morgan fingerprint density at radius 2 is 1.90 bits per heavy atom. The zero-order chi connectivity index (χ0) is 20.2. The van der Waals surface area contributed by atoms with E-state index < -0.39 is 6.61 Å². The molecule has 1 amide bonds. The van der Waals surface area contributed by atoms with Gasteiger partial charge in [0.15, 0.2) is 0 Å². The van der Waals surface area contributed by atoms with Crippen molar-refractivity contribution in [1.29, 1.82) is 0 Å². The molecule has 0 bridgehead atoms. The van der Waals surface area contributed by atoms with Gasteiger partial charge in [-0.05, 0) is 50.2 Å². The fourth-order valence-electron chi connectivity index (χ4n) is 3.56. The molecule has 1 fully saturated rings. The number of anilines is 1. The number of piperidine rings is 1. The molecule has 1 N–H and O–H groups in total. The molecule has 1 aromatic heterocycles. The van der Waals surface area contributed by atoms with Crippen LogP contribution in [0.15, 0.2) is 48.5 Å². The third-order valence-corrected chi connectivity index (χ3v) is 6.19. The van der Waals surface area contributed by atoms with Gasteiger partial charge in [0, 0.05) is 5.92 Å². The van der Waals surface area contributed by atoms with Gasteiger partial charge in [0.25, 0.3) is 0 Å². The molecule has 4 rings (SSSR count). The van der Waals surface area contributed by atoms with Gasteiger partial charge in [-0.2, -0.15) is 8.78 Å². The lowest BCUT2D eigenvalue weighted by Crippen LogP contribution is -2.38. The second-order valence-corrected chi connectivity index (χ2v) is 8.06. The molecular weight excluding hydrogens is 396 g/mol. The molecule has 29 heavy (non-hydrogen) atoms. The van der Waals surface area contributed by atoms with Crippen molar-refractivity contribution in [2.45, 2.75) is 25.4 Å². The molecule has 3 aromatic rings. The van der Waals surface area contributed by atoms with Crippen LogP contribution in [-0.2, 0) is 4.79 Å². The predicted molar refractivity (Wildman–Crippen MR) is 110 cm³/mol. The van der Waals surface area contributed by atoms with Gasteiger partial charge < -0.3 is 10.1 Å². The monoisotopic (exact) mass is 417 g/mol. The van der Waals surface area contributed by atoms with Crippen LogP contribution in [-0.4, -0.2) is 42.0 Å². The number of para-hydroxylation sites is 3. The summed E-state index contributed by atoms with van der Waals surface area (Å²) in [5, 5.41) is 3.84. The van der Waals surface area contributed by atoms with Crippen LogP contribution in [0.2, 0.25) is 0 Å². The zero-order valence-corrected chi connectivity index (χ0v) is 16.5. The average molecular weight is 417 g/mol. The smallest absolute Gasteiger partial charge is 0.387 e. The number of carbonyl (C=O) groups excluding carboxylic acids is 1. The summed E-state index contributed by atoms with van der Waals surface area (Å²) in [4.78, 5) is 19.2. The van der Waals surface area contributed by atoms with E-state index in [1.165, 1.54) is 10.8 Å². The Hall–Kier alpha value is -2.58. The quantitative estimate of drug-likeness (QED) is 0.631. The van der Waals surface area contributed by atoms with Gasteiger partial charge in [-0.15, -0.1) is 11.3 Å². The van der Waals surface area contributed by atoms with Crippen LogP contribution in [0.25, 0.3) is 10.2 Å². The number of hydrogen-bond donors (Lipinski definition) is 1. The van der Waals surface area contributed by atoms with Crippen LogP contribution < -0.4 is 10.1 Å². The van der Waals surface area contributed by atoms with Crippen LogP contribution >= 0.6 is 11.3 Å². The maximum Gasteiger partial charge on any atom is 0.387 e. The molecule has 0 atom stereocenters. The molecule has 0 spiro atoms. The number of nitrogens with zero attached hydrogens (tertiary/aromatic N) is 2. The third-order valence-electron chi connectivity index (χ3n) is 4.99. The highest BCUT2D eigenvalue weighted by atomic mass is 32.1. The predicted octanol–water partition coefficient (Wildman–Crippen LogP) is 4.72. The maximum absolute atomic E-state index is 12.5. The van der Waals surface area contributed by atoms with Gasteiger partial charge in [-0.1, -0.05) is 24.3 Å². The lowest BCUT2D eigenvalue weighted by Gasteiger charge is -2.30. The second-order valence-electron chi connectivity index (χ2n) is 6.99. The van der Waals surface area contributed by atoms with Crippen LogP contribution in [0.5, 0.6) is 5.75 Å². The summed E-state index contributed by atoms with van der Waals surface area (Å²) >= 11 is 1.74. The minimum atomic E-state index is -2.94. The highest BCUT2D eigenvalue weighted by Gasteiger charge is 2.24. The van der Waals surface area contributed by atoms with Crippen molar-refractivity contribution in [3.63, 3.8) is 0 Å². The number of thiazole rings is 1. The fourth-order valence-corrected chi connectivity index (χ4v) is 4.70. The minimum Gasteiger partial charge on any atom is -0.433 e. The van der Waals surface area contributed by atoms with E-state index in [1.54, 1.807) is 29.5 Å². The number of nitrogens with one attached hydrogen (secondary N) is 1. The Morgan fingerprint density at radius 3 is 2.66 bits per heavy atom. The van der Waals surface area contributed by atoms with Gasteiger partial charge >= 0.3 is 6.61 Å². The first-order valence-electron chi connectivity index (χ1n) is 9.50. The van der Waals surface area contributed by atoms with E-state index in [0.29, 0.717) is 5.92 Å². The van der Waals surface area contributed by atoms with E-state index >= 15 is 0 Å². The van der Waals surface area contributed by atoms with Gasteiger partial charge in [0.2, 0.25) is 5.91 Å². The normalized spacial score (nSPS) is 15.7. The molecule has 0 saturated carbocycles. The van der Waals surface area contributed by atoms with E-state index in [1.807, 2.05) is 18.2 Å². The van der Waals surface area contributed by atoms with Crippen molar-refractivity contribution >= 4 is 33.1 Å². The summed E-state index contributed by atoms with van der Waals surface area (Å²) in [6.45, 7) is -1.13. The highest BCUT2D eigenvalue weighted by molar-refractivity contribution is 7.18. The number of rotatable bonds is 6. The molecule has 1 aliphatic rings. The number of ether oxygens (including phenoxy) is 1. The number of amides is 1. The lowest BCUT2D eigenvalue weighted by molar-refractivity contribution is -0.117. The lowest BCUT2D eigenvalue weighted by atomic mass is 9.97. The van der Waals surface area contributed by atoms with Crippen molar-refractivity contribution < 1.29 is 18.3 Å². The van der Waals surface area contributed by atoms with Crippen LogP contribution in [0, 0.1) is 0 Å². The van der Waals surface area contributed by atoms with Gasteiger partial charge in [-0.3, -0.25) is 9.69 Å². The molecule has 0 unspecified atom stereocenters. The van der Waals surface area contributed by atoms with Gasteiger partial charge in [0.1, 0.15) is 5.75 Å². The molecule has 0 radical (unpaired) electrons. The molecule has 0 aliphatic carbocycles.